The fourth-order valence-corrected chi connectivity index (χ4v) is 1.84. The van der Waals surface area contributed by atoms with Crippen molar-refractivity contribution in [3.63, 3.8) is 0 Å². The Morgan fingerprint density at radius 2 is 2.37 bits per heavy atom. The molecule has 0 saturated heterocycles. The van der Waals surface area contributed by atoms with E-state index in [-0.39, 0.29) is 5.91 Å². The van der Waals surface area contributed by atoms with E-state index in [1.807, 2.05) is 6.26 Å². The van der Waals surface area contributed by atoms with Crippen LogP contribution in [-0.4, -0.2) is 17.9 Å². The summed E-state index contributed by atoms with van der Waals surface area (Å²) < 4.78 is 0. The van der Waals surface area contributed by atoms with Crippen LogP contribution in [0.25, 0.3) is 0 Å². The molecule has 0 fully saturated rings. The summed E-state index contributed by atoms with van der Waals surface area (Å²) in [6.07, 6.45) is 1.87. The molecule has 0 atom stereocenters. The first-order valence-electron chi connectivity index (χ1n) is 5.26. The van der Waals surface area contributed by atoms with Gasteiger partial charge in [-0.25, -0.2) is 5.01 Å². The summed E-state index contributed by atoms with van der Waals surface area (Å²) >= 11 is 5.56. The van der Waals surface area contributed by atoms with Crippen molar-refractivity contribution in [2.24, 2.45) is 16.3 Å². The van der Waals surface area contributed by atoms with Gasteiger partial charge in [-0.3, -0.25) is 4.79 Å². The minimum Gasteiger partial charge on any atom is -0.325 e. The number of thioether (sulfide) groups is 1. The summed E-state index contributed by atoms with van der Waals surface area (Å²) in [5.74, 6) is 5.36. The molecule has 0 bridgehead atoms. The molecule has 0 aliphatic rings. The van der Waals surface area contributed by atoms with Gasteiger partial charge in [-0.2, -0.15) is 11.8 Å². The molecule has 8 heteroatoms. The minimum absolute atomic E-state index is 0.0682. The van der Waals surface area contributed by atoms with Crippen molar-refractivity contribution in [2.75, 3.05) is 22.3 Å². The molecule has 19 heavy (non-hydrogen) atoms. The monoisotopic (exact) mass is 297 g/mol. The van der Waals surface area contributed by atoms with Gasteiger partial charge in [0.25, 0.3) is 0 Å². The Morgan fingerprint density at radius 1 is 1.63 bits per heavy atom. The quantitative estimate of drug-likeness (QED) is 0.326. The van der Waals surface area contributed by atoms with Crippen LogP contribution in [0.15, 0.2) is 46.3 Å². The van der Waals surface area contributed by atoms with Gasteiger partial charge < -0.3 is 11.2 Å². The molecule has 6 nitrogen and oxygen atoms in total. The third kappa shape index (κ3) is 4.84. The summed E-state index contributed by atoms with van der Waals surface area (Å²) in [6, 6.07) is 7.06. The van der Waals surface area contributed by atoms with Gasteiger partial charge in [0.15, 0.2) is 0 Å². The van der Waals surface area contributed by atoms with Crippen LogP contribution in [-0.2, 0) is 4.79 Å². The molecular weight excluding hydrogens is 282 g/mol. The molecule has 1 aromatic rings. The molecule has 3 N–H and O–H groups in total. The van der Waals surface area contributed by atoms with Gasteiger partial charge in [0.2, 0.25) is 5.91 Å². The van der Waals surface area contributed by atoms with Crippen LogP contribution < -0.4 is 16.2 Å². The number of thiol groups is 1. The highest BCUT2D eigenvalue weighted by Crippen LogP contribution is 2.24. The first-order chi connectivity index (χ1) is 9.08. The second-order valence-electron chi connectivity index (χ2n) is 3.46. The fourth-order valence-electron chi connectivity index (χ4n) is 1.35. The van der Waals surface area contributed by atoms with E-state index in [0.717, 1.165) is 0 Å². The van der Waals surface area contributed by atoms with E-state index >= 15 is 0 Å². The standard InChI is InChI=1S/C11H15N5OS2/c1-8(18)16(15-14-12)10-5-3-4-9(6-10)13-11(17)7-19-2/h3-6,18H,1,7H2,2H3,(H2,12,15)(H,13,17). The zero-order chi connectivity index (χ0) is 14.3. The second kappa shape index (κ2) is 7.70. The Kier molecular flexibility index (Phi) is 6.23. The Bertz CT molecular complexity index is 492. The molecule has 0 spiro atoms. The molecule has 0 radical (unpaired) electrons. The molecule has 1 amide bonds. The molecule has 102 valence electrons. The molecule has 0 heterocycles. The highest BCUT2D eigenvalue weighted by molar-refractivity contribution is 7.99. The van der Waals surface area contributed by atoms with Crippen molar-refractivity contribution in [1.29, 1.82) is 0 Å². The van der Waals surface area contributed by atoms with E-state index < -0.39 is 0 Å². The predicted molar refractivity (Wildman–Crippen MR) is 83.1 cm³/mol. The minimum atomic E-state index is -0.0682. The molecule has 0 saturated carbocycles. The first kappa shape index (κ1) is 15.4. The van der Waals surface area contributed by atoms with Gasteiger partial charge in [0.1, 0.15) is 0 Å². The largest absolute Gasteiger partial charge is 0.325 e. The number of nitrogens with zero attached hydrogens (tertiary/aromatic N) is 3. The van der Waals surface area contributed by atoms with E-state index in [9.17, 15) is 4.79 Å². The molecule has 0 aliphatic heterocycles. The van der Waals surface area contributed by atoms with Gasteiger partial charge in [-0.1, -0.05) is 17.9 Å². The van der Waals surface area contributed by atoms with Crippen molar-refractivity contribution in [2.45, 2.75) is 0 Å². The molecule has 1 rings (SSSR count). The lowest BCUT2D eigenvalue weighted by atomic mass is 10.2. The van der Waals surface area contributed by atoms with Crippen molar-refractivity contribution in [3.05, 3.63) is 35.9 Å². The van der Waals surface area contributed by atoms with Gasteiger partial charge in [-0.15, -0.1) is 12.6 Å². The lowest BCUT2D eigenvalue weighted by Gasteiger charge is -2.16. The number of hydrogen-bond acceptors (Lipinski definition) is 5. The van der Waals surface area contributed by atoms with Crippen LogP contribution in [0.4, 0.5) is 11.4 Å². The highest BCUT2D eigenvalue weighted by atomic mass is 32.2. The van der Waals surface area contributed by atoms with Crippen LogP contribution in [0.3, 0.4) is 0 Å². The Hall–Kier alpha value is -1.67. The van der Waals surface area contributed by atoms with Crippen molar-refractivity contribution < 1.29 is 4.79 Å². The number of hydrogen-bond donors (Lipinski definition) is 3. The predicted octanol–water partition coefficient (Wildman–Crippen LogP) is 2.44. The molecule has 0 unspecified atom stereocenters. The fraction of sp³-hybridized carbons (Fsp3) is 0.182. The number of anilines is 2. The number of nitrogens with one attached hydrogen (secondary N) is 1. The maximum atomic E-state index is 11.5. The van der Waals surface area contributed by atoms with Crippen LogP contribution >= 0.6 is 24.4 Å². The summed E-state index contributed by atoms with van der Waals surface area (Å²) in [5, 5.41) is 11.4. The average Bonchev–Trinajstić information content (AvgIpc) is 2.36. The maximum absolute atomic E-state index is 11.5. The first-order valence-corrected chi connectivity index (χ1v) is 7.10. The van der Waals surface area contributed by atoms with E-state index in [0.29, 0.717) is 22.2 Å². The number of benzene rings is 1. The van der Waals surface area contributed by atoms with Gasteiger partial charge >= 0.3 is 0 Å². The smallest absolute Gasteiger partial charge is 0.234 e. The van der Waals surface area contributed by atoms with Crippen molar-refractivity contribution >= 4 is 41.7 Å². The third-order valence-corrected chi connectivity index (χ3v) is 2.78. The topological polar surface area (TPSA) is 83.1 Å². The summed E-state index contributed by atoms with van der Waals surface area (Å²) in [6.45, 7) is 3.66. The number of carbonyl (C=O) groups excluding carboxylic acids is 1. The highest BCUT2D eigenvalue weighted by Gasteiger charge is 2.08. The van der Waals surface area contributed by atoms with Crippen molar-refractivity contribution in [1.82, 2.24) is 0 Å². The number of carbonyl (C=O) groups is 1. The average molecular weight is 297 g/mol. The molecular formula is C11H15N5OS2. The van der Waals surface area contributed by atoms with E-state index in [4.69, 9.17) is 5.84 Å². The molecule has 0 aliphatic carbocycles. The SMILES string of the molecule is C=C(S)N(/N=N\N)c1cccc(NC(=O)CSC)c1. The molecule has 0 aromatic heterocycles. The van der Waals surface area contributed by atoms with Crippen LogP contribution in [0.5, 0.6) is 0 Å². The van der Waals surface area contributed by atoms with Gasteiger partial charge in [0, 0.05) is 5.69 Å². The third-order valence-electron chi connectivity index (χ3n) is 2.04. The lowest BCUT2D eigenvalue weighted by molar-refractivity contribution is -0.113. The Balaban J connectivity index is 2.92. The lowest BCUT2D eigenvalue weighted by Crippen LogP contribution is -2.15. The summed E-state index contributed by atoms with van der Waals surface area (Å²) in [7, 11) is 0. The zero-order valence-electron chi connectivity index (χ0n) is 10.4. The van der Waals surface area contributed by atoms with Crippen LogP contribution in [0.1, 0.15) is 0 Å². The molecule has 1 aromatic carbocycles. The van der Waals surface area contributed by atoms with Crippen molar-refractivity contribution in [3.8, 4) is 0 Å². The second-order valence-corrected chi connectivity index (χ2v) is 4.85. The van der Waals surface area contributed by atoms with Crippen LogP contribution in [0.2, 0.25) is 0 Å². The van der Waals surface area contributed by atoms with E-state index in [1.54, 1.807) is 24.3 Å². The van der Waals surface area contributed by atoms with Crippen LogP contribution in [0, 0.1) is 0 Å². The summed E-state index contributed by atoms with van der Waals surface area (Å²) in [4.78, 5) is 11.5. The number of amides is 1. The van der Waals surface area contributed by atoms with E-state index in [1.165, 1.54) is 16.8 Å². The Labute approximate surface area is 121 Å². The Morgan fingerprint density at radius 3 is 2.95 bits per heavy atom. The normalized spacial score (nSPS) is 10.4. The number of nitrogens with two attached hydrogens (primary N) is 1. The van der Waals surface area contributed by atoms with Gasteiger partial charge in [0.05, 0.1) is 16.5 Å². The number of rotatable bonds is 6. The van der Waals surface area contributed by atoms with E-state index in [2.05, 4.69) is 35.0 Å². The zero-order valence-corrected chi connectivity index (χ0v) is 12.1. The summed E-state index contributed by atoms with van der Waals surface area (Å²) in [5.41, 5.74) is 1.31. The van der Waals surface area contributed by atoms with Gasteiger partial charge in [-0.05, 0) is 29.7 Å². The maximum Gasteiger partial charge on any atom is 0.234 e.